The maximum atomic E-state index is 4.08. The lowest BCUT2D eigenvalue weighted by Gasteiger charge is -2.35. The van der Waals surface area contributed by atoms with Crippen molar-refractivity contribution in [1.82, 2.24) is 20.4 Å². The number of piperidine rings is 1. The van der Waals surface area contributed by atoms with Crippen LogP contribution in [0.25, 0.3) is 0 Å². The summed E-state index contributed by atoms with van der Waals surface area (Å²) < 4.78 is 0. The van der Waals surface area contributed by atoms with Crippen molar-refractivity contribution < 1.29 is 0 Å². The summed E-state index contributed by atoms with van der Waals surface area (Å²) in [6.45, 7) is 11.6. The number of aryl methyl sites for hydroxylation is 2. The first-order valence-electron chi connectivity index (χ1n) is 8.15. The van der Waals surface area contributed by atoms with Gasteiger partial charge in [-0.25, -0.2) is 0 Å². The van der Waals surface area contributed by atoms with E-state index < -0.39 is 0 Å². The van der Waals surface area contributed by atoms with Gasteiger partial charge in [0.2, 0.25) is 0 Å². The summed E-state index contributed by atoms with van der Waals surface area (Å²) in [6, 6.07) is 0.634. The molecular weight excluding hydrogens is 248 g/mol. The molecule has 2 N–H and O–H groups in total. The first-order chi connectivity index (χ1) is 9.70. The van der Waals surface area contributed by atoms with E-state index >= 15 is 0 Å². The average molecular weight is 278 g/mol. The van der Waals surface area contributed by atoms with Gasteiger partial charge in [-0.1, -0.05) is 6.92 Å². The highest BCUT2D eigenvalue weighted by Gasteiger charge is 2.23. The van der Waals surface area contributed by atoms with E-state index in [1.165, 1.54) is 50.2 Å². The Morgan fingerprint density at radius 3 is 3.10 bits per heavy atom. The van der Waals surface area contributed by atoms with Gasteiger partial charge in [0.25, 0.3) is 0 Å². The molecule has 2 atom stereocenters. The van der Waals surface area contributed by atoms with Gasteiger partial charge in [0.15, 0.2) is 0 Å². The number of hydrogen-bond donors (Lipinski definition) is 2. The van der Waals surface area contributed by atoms with E-state index in [0.717, 1.165) is 18.9 Å². The second-order valence-electron chi connectivity index (χ2n) is 6.16. The highest BCUT2D eigenvalue weighted by Crippen LogP contribution is 2.19. The molecule has 2 heterocycles. The Bertz CT molecular complexity index is 388. The Morgan fingerprint density at radius 1 is 1.55 bits per heavy atom. The van der Waals surface area contributed by atoms with E-state index in [2.05, 4.69) is 41.2 Å². The maximum Gasteiger partial charge on any atom is 0.0522 e. The van der Waals surface area contributed by atoms with Crippen LogP contribution in [0, 0.1) is 12.8 Å². The predicted molar refractivity (Wildman–Crippen MR) is 83.9 cm³/mol. The zero-order chi connectivity index (χ0) is 14.4. The molecule has 0 aromatic carbocycles. The summed E-state index contributed by atoms with van der Waals surface area (Å²) in [6.07, 6.45) is 7.01. The first kappa shape index (κ1) is 15.5. The van der Waals surface area contributed by atoms with Gasteiger partial charge in [-0.15, -0.1) is 0 Å². The van der Waals surface area contributed by atoms with Gasteiger partial charge in [0.05, 0.1) is 6.20 Å². The summed E-state index contributed by atoms with van der Waals surface area (Å²) in [7, 11) is 0. The monoisotopic (exact) mass is 278 g/mol. The number of H-pyrrole nitrogens is 1. The van der Waals surface area contributed by atoms with Crippen molar-refractivity contribution in [3.8, 4) is 0 Å². The van der Waals surface area contributed by atoms with Gasteiger partial charge in [0, 0.05) is 18.3 Å². The number of aromatic amines is 1. The molecule has 1 saturated heterocycles. The lowest BCUT2D eigenvalue weighted by Crippen LogP contribution is -2.44. The second-order valence-corrected chi connectivity index (χ2v) is 6.16. The van der Waals surface area contributed by atoms with Crippen molar-refractivity contribution in [3.63, 3.8) is 0 Å². The van der Waals surface area contributed by atoms with E-state index in [9.17, 15) is 0 Å². The molecule has 114 valence electrons. The van der Waals surface area contributed by atoms with Gasteiger partial charge in [0.1, 0.15) is 0 Å². The van der Waals surface area contributed by atoms with Crippen LogP contribution in [-0.2, 0) is 6.42 Å². The molecule has 0 saturated carbocycles. The molecule has 0 radical (unpaired) electrons. The lowest BCUT2D eigenvalue weighted by atomic mass is 9.91. The van der Waals surface area contributed by atoms with E-state index in [4.69, 9.17) is 0 Å². The Labute approximate surface area is 123 Å². The van der Waals surface area contributed by atoms with E-state index in [0.29, 0.717) is 6.04 Å². The SMILES string of the molecule is CCN1CCCC(C(C)NCCCc2cn[nH]c2C)C1. The third-order valence-corrected chi connectivity index (χ3v) is 4.72. The highest BCUT2D eigenvalue weighted by molar-refractivity contribution is 5.14. The van der Waals surface area contributed by atoms with Crippen LogP contribution in [-0.4, -0.2) is 47.3 Å². The van der Waals surface area contributed by atoms with Gasteiger partial charge in [-0.2, -0.15) is 5.10 Å². The fourth-order valence-electron chi connectivity index (χ4n) is 3.19. The zero-order valence-electron chi connectivity index (χ0n) is 13.3. The van der Waals surface area contributed by atoms with Crippen molar-refractivity contribution >= 4 is 0 Å². The van der Waals surface area contributed by atoms with Crippen molar-refractivity contribution in [3.05, 3.63) is 17.5 Å². The molecule has 4 heteroatoms. The third kappa shape index (κ3) is 4.32. The van der Waals surface area contributed by atoms with Gasteiger partial charge in [-0.3, -0.25) is 5.10 Å². The Morgan fingerprint density at radius 2 is 2.40 bits per heavy atom. The number of hydrogen-bond acceptors (Lipinski definition) is 3. The minimum atomic E-state index is 0.634. The molecule has 20 heavy (non-hydrogen) atoms. The third-order valence-electron chi connectivity index (χ3n) is 4.72. The summed E-state index contributed by atoms with van der Waals surface area (Å²) >= 11 is 0. The van der Waals surface area contributed by atoms with Gasteiger partial charge < -0.3 is 10.2 Å². The fraction of sp³-hybridized carbons (Fsp3) is 0.812. The summed E-state index contributed by atoms with van der Waals surface area (Å²) in [5, 5.41) is 10.8. The van der Waals surface area contributed by atoms with Crippen molar-refractivity contribution in [2.24, 2.45) is 5.92 Å². The topological polar surface area (TPSA) is 44.0 Å². The maximum absolute atomic E-state index is 4.08. The quantitative estimate of drug-likeness (QED) is 0.753. The van der Waals surface area contributed by atoms with Crippen LogP contribution in [0.3, 0.4) is 0 Å². The molecule has 0 amide bonds. The lowest BCUT2D eigenvalue weighted by molar-refractivity contribution is 0.157. The molecule has 4 nitrogen and oxygen atoms in total. The molecule has 2 rings (SSSR count). The highest BCUT2D eigenvalue weighted by atomic mass is 15.1. The number of rotatable bonds is 7. The van der Waals surface area contributed by atoms with Crippen molar-refractivity contribution in [1.29, 1.82) is 0 Å². The van der Waals surface area contributed by atoms with Crippen LogP contribution in [0.15, 0.2) is 6.20 Å². The van der Waals surface area contributed by atoms with Crippen LogP contribution in [0.4, 0.5) is 0 Å². The predicted octanol–water partition coefficient (Wildman–Crippen LogP) is 2.36. The number of nitrogens with one attached hydrogen (secondary N) is 2. The molecule has 1 fully saturated rings. The number of aromatic nitrogens is 2. The molecular formula is C16H30N4. The van der Waals surface area contributed by atoms with Crippen LogP contribution in [0.5, 0.6) is 0 Å². The second kappa shape index (κ2) is 7.79. The summed E-state index contributed by atoms with van der Waals surface area (Å²) in [4.78, 5) is 2.58. The minimum absolute atomic E-state index is 0.634. The van der Waals surface area contributed by atoms with Crippen LogP contribution >= 0.6 is 0 Å². The summed E-state index contributed by atoms with van der Waals surface area (Å²) in [5.41, 5.74) is 2.57. The average Bonchev–Trinajstić information content (AvgIpc) is 2.89. The number of nitrogens with zero attached hydrogens (tertiary/aromatic N) is 2. The fourth-order valence-corrected chi connectivity index (χ4v) is 3.19. The van der Waals surface area contributed by atoms with E-state index in [-0.39, 0.29) is 0 Å². The van der Waals surface area contributed by atoms with Crippen molar-refractivity contribution in [2.75, 3.05) is 26.2 Å². The Kier molecular flexibility index (Phi) is 6.05. The Balaban J connectivity index is 1.64. The van der Waals surface area contributed by atoms with Gasteiger partial charge >= 0.3 is 0 Å². The standard InChI is InChI=1S/C16H30N4/c1-4-20-10-6-8-16(12-20)13(2)17-9-5-7-15-11-18-19-14(15)3/h11,13,16-17H,4-10,12H2,1-3H3,(H,18,19). The number of likely N-dealkylation sites (tertiary alicyclic amines) is 1. The smallest absolute Gasteiger partial charge is 0.0522 e. The van der Waals surface area contributed by atoms with Crippen LogP contribution in [0.2, 0.25) is 0 Å². The first-order valence-corrected chi connectivity index (χ1v) is 8.15. The molecule has 0 bridgehead atoms. The normalized spacial score (nSPS) is 22.1. The largest absolute Gasteiger partial charge is 0.314 e. The molecule has 2 unspecified atom stereocenters. The molecule has 1 aliphatic rings. The van der Waals surface area contributed by atoms with E-state index in [1.54, 1.807) is 0 Å². The Hall–Kier alpha value is -0.870. The van der Waals surface area contributed by atoms with Crippen LogP contribution < -0.4 is 5.32 Å². The summed E-state index contributed by atoms with van der Waals surface area (Å²) in [5.74, 6) is 0.819. The molecule has 1 aromatic rings. The molecule has 1 aromatic heterocycles. The minimum Gasteiger partial charge on any atom is -0.314 e. The van der Waals surface area contributed by atoms with Crippen molar-refractivity contribution in [2.45, 2.75) is 52.5 Å². The zero-order valence-corrected chi connectivity index (χ0v) is 13.3. The molecule has 1 aliphatic heterocycles. The molecule has 0 aliphatic carbocycles. The van der Waals surface area contributed by atoms with E-state index in [1.807, 2.05) is 6.20 Å². The molecule has 0 spiro atoms. The van der Waals surface area contributed by atoms with Crippen LogP contribution in [0.1, 0.15) is 44.4 Å². The van der Waals surface area contributed by atoms with Gasteiger partial charge in [-0.05, 0) is 70.6 Å².